The standard InChI is InChI=1S/C21H15FO4S/c22-18-10-6-15(7-11-18)4-5-16-8-12-19(13-9-16)27(25,26)20-3-1-2-17(14-20)21(23)24/h1-14H,(H,23,24)/b5-4+. The van der Waals surface area contributed by atoms with Crippen molar-refractivity contribution >= 4 is 28.0 Å². The van der Waals surface area contributed by atoms with Crippen molar-refractivity contribution in [1.82, 2.24) is 0 Å². The predicted molar refractivity (Wildman–Crippen MR) is 101 cm³/mol. The van der Waals surface area contributed by atoms with Crippen LogP contribution in [0.1, 0.15) is 21.5 Å². The van der Waals surface area contributed by atoms with E-state index in [1.807, 2.05) is 0 Å². The van der Waals surface area contributed by atoms with E-state index < -0.39 is 15.8 Å². The van der Waals surface area contributed by atoms with E-state index in [2.05, 4.69) is 0 Å². The van der Waals surface area contributed by atoms with E-state index >= 15 is 0 Å². The Hall–Kier alpha value is -3.25. The lowest BCUT2D eigenvalue weighted by Crippen LogP contribution is -2.04. The summed E-state index contributed by atoms with van der Waals surface area (Å²) in [5, 5.41) is 9.03. The van der Waals surface area contributed by atoms with Gasteiger partial charge in [-0.25, -0.2) is 17.6 Å². The monoisotopic (exact) mass is 382 g/mol. The molecule has 0 radical (unpaired) electrons. The molecule has 0 fully saturated rings. The minimum atomic E-state index is -3.81. The SMILES string of the molecule is O=C(O)c1cccc(S(=O)(=O)c2ccc(/C=C/c3ccc(F)cc3)cc2)c1. The van der Waals surface area contributed by atoms with Crippen molar-refractivity contribution in [3.8, 4) is 0 Å². The zero-order valence-corrected chi connectivity index (χ0v) is 14.9. The number of rotatable bonds is 5. The Morgan fingerprint density at radius 2 is 1.37 bits per heavy atom. The first kappa shape index (κ1) is 18.5. The van der Waals surface area contributed by atoms with Gasteiger partial charge in [0.05, 0.1) is 15.4 Å². The highest BCUT2D eigenvalue weighted by Gasteiger charge is 2.18. The number of aromatic carboxylic acids is 1. The molecule has 27 heavy (non-hydrogen) atoms. The summed E-state index contributed by atoms with van der Waals surface area (Å²) in [6.07, 6.45) is 3.58. The third kappa shape index (κ3) is 4.30. The summed E-state index contributed by atoms with van der Waals surface area (Å²) in [4.78, 5) is 11.0. The molecule has 0 amide bonds. The molecule has 0 aliphatic carbocycles. The molecular formula is C21H15FO4S. The van der Waals surface area contributed by atoms with Gasteiger partial charge in [0.2, 0.25) is 9.84 Å². The first-order valence-electron chi connectivity index (χ1n) is 7.98. The second kappa shape index (κ2) is 7.55. The van der Waals surface area contributed by atoms with E-state index in [1.54, 1.807) is 36.4 Å². The highest BCUT2D eigenvalue weighted by atomic mass is 32.2. The third-order valence-corrected chi connectivity index (χ3v) is 5.69. The zero-order chi connectivity index (χ0) is 19.4. The van der Waals surface area contributed by atoms with Gasteiger partial charge in [-0.3, -0.25) is 0 Å². The first-order chi connectivity index (χ1) is 12.9. The molecule has 136 valence electrons. The van der Waals surface area contributed by atoms with E-state index in [9.17, 15) is 17.6 Å². The van der Waals surface area contributed by atoms with Crippen LogP contribution in [-0.2, 0) is 9.84 Å². The minimum Gasteiger partial charge on any atom is -0.478 e. The van der Waals surface area contributed by atoms with Gasteiger partial charge in [0.1, 0.15) is 5.82 Å². The number of sulfone groups is 1. The molecule has 0 spiro atoms. The molecule has 3 aromatic rings. The maximum Gasteiger partial charge on any atom is 0.335 e. The molecule has 0 aliphatic heterocycles. The van der Waals surface area contributed by atoms with Crippen molar-refractivity contribution < 1.29 is 22.7 Å². The summed E-state index contributed by atoms with van der Waals surface area (Å²) in [7, 11) is -3.81. The maximum atomic E-state index is 12.9. The predicted octanol–water partition coefficient (Wildman–Crippen LogP) is 4.53. The highest BCUT2D eigenvalue weighted by molar-refractivity contribution is 7.91. The molecule has 0 heterocycles. The molecule has 3 aromatic carbocycles. The van der Waals surface area contributed by atoms with Crippen LogP contribution in [0.25, 0.3) is 12.2 Å². The Balaban J connectivity index is 1.85. The first-order valence-corrected chi connectivity index (χ1v) is 9.47. The maximum absolute atomic E-state index is 12.9. The molecule has 1 N–H and O–H groups in total. The Bertz CT molecular complexity index is 1100. The Kier molecular flexibility index (Phi) is 5.19. The largest absolute Gasteiger partial charge is 0.478 e. The van der Waals surface area contributed by atoms with E-state index in [4.69, 9.17) is 5.11 Å². The summed E-state index contributed by atoms with van der Waals surface area (Å²) < 4.78 is 38.3. The Morgan fingerprint density at radius 1 is 0.815 bits per heavy atom. The number of carboxylic acids is 1. The van der Waals surface area contributed by atoms with E-state index in [0.717, 1.165) is 17.2 Å². The normalized spacial score (nSPS) is 11.6. The number of halogens is 1. The summed E-state index contributed by atoms with van der Waals surface area (Å²) >= 11 is 0. The lowest BCUT2D eigenvalue weighted by atomic mass is 10.1. The van der Waals surface area contributed by atoms with Gasteiger partial charge in [-0.2, -0.15) is 0 Å². The number of benzene rings is 3. The fourth-order valence-corrected chi connectivity index (χ4v) is 3.76. The van der Waals surface area contributed by atoms with Gasteiger partial charge in [0.15, 0.2) is 0 Å². The van der Waals surface area contributed by atoms with Crippen LogP contribution in [0.5, 0.6) is 0 Å². The van der Waals surface area contributed by atoms with Crippen LogP contribution in [0.4, 0.5) is 4.39 Å². The molecule has 0 aliphatic rings. The quantitative estimate of drug-likeness (QED) is 0.658. The number of carboxylic acid groups (broad SMARTS) is 1. The van der Waals surface area contributed by atoms with Gasteiger partial charge in [-0.05, 0) is 53.6 Å². The summed E-state index contributed by atoms with van der Waals surface area (Å²) in [6.45, 7) is 0. The van der Waals surface area contributed by atoms with Crippen molar-refractivity contribution in [3.05, 3.63) is 95.3 Å². The van der Waals surface area contributed by atoms with Gasteiger partial charge in [-0.15, -0.1) is 0 Å². The van der Waals surface area contributed by atoms with Gasteiger partial charge < -0.3 is 5.11 Å². The van der Waals surface area contributed by atoms with Crippen LogP contribution in [0.3, 0.4) is 0 Å². The molecule has 0 aromatic heterocycles. The van der Waals surface area contributed by atoms with E-state index in [-0.39, 0.29) is 21.2 Å². The Labute approximate surface area is 156 Å². The lowest BCUT2D eigenvalue weighted by Gasteiger charge is -2.06. The van der Waals surface area contributed by atoms with Crippen molar-refractivity contribution in [3.63, 3.8) is 0 Å². The van der Waals surface area contributed by atoms with Crippen LogP contribution >= 0.6 is 0 Å². The molecular weight excluding hydrogens is 367 g/mol. The van der Waals surface area contributed by atoms with Crippen LogP contribution in [0.2, 0.25) is 0 Å². The van der Waals surface area contributed by atoms with E-state index in [1.165, 1.54) is 42.5 Å². The second-order valence-corrected chi connectivity index (χ2v) is 7.74. The average Bonchev–Trinajstić information content (AvgIpc) is 2.68. The van der Waals surface area contributed by atoms with Gasteiger partial charge in [-0.1, -0.05) is 42.5 Å². The van der Waals surface area contributed by atoms with Gasteiger partial charge in [0, 0.05) is 0 Å². The molecule has 0 unspecified atom stereocenters. The lowest BCUT2D eigenvalue weighted by molar-refractivity contribution is 0.0696. The molecule has 0 bridgehead atoms. The minimum absolute atomic E-state index is 0.0722. The number of hydrogen-bond acceptors (Lipinski definition) is 3. The van der Waals surface area contributed by atoms with E-state index in [0.29, 0.717) is 0 Å². The number of carbonyl (C=O) groups is 1. The second-order valence-electron chi connectivity index (χ2n) is 5.79. The van der Waals surface area contributed by atoms with Gasteiger partial charge in [0.25, 0.3) is 0 Å². The van der Waals surface area contributed by atoms with Crippen molar-refractivity contribution in [2.45, 2.75) is 9.79 Å². The van der Waals surface area contributed by atoms with Crippen molar-refractivity contribution in [2.24, 2.45) is 0 Å². The fraction of sp³-hybridized carbons (Fsp3) is 0. The summed E-state index contributed by atoms with van der Waals surface area (Å²) in [6, 6.07) is 17.5. The molecule has 3 rings (SSSR count). The van der Waals surface area contributed by atoms with Crippen molar-refractivity contribution in [2.75, 3.05) is 0 Å². The van der Waals surface area contributed by atoms with Crippen LogP contribution in [0.15, 0.2) is 82.6 Å². The highest BCUT2D eigenvalue weighted by Crippen LogP contribution is 2.22. The topological polar surface area (TPSA) is 71.4 Å². The van der Waals surface area contributed by atoms with Crippen LogP contribution < -0.4 is 0 Å². The summed E-state index contributed by atoms with van der Waals surface area (Å²) in [5.74, 6) is -1.50. The summed E-state index contributed by atoms with van der Waals surface area (Å²) in [5.41, 5.74) is 1.51. The van der Waals surface area contributed by atoms with Crippen molar-refractivity contribution in [1.29, 1.82) is 0 Å². The molecule has 0 saturated heterocycles. The van der Waals surface area contributed by atoms with Gasteiger partial charge >= 0.3 is 5.97 Å². The third-order valence-electron chi connectivity index (χ3n) is 3.92. The number of hydrogen-bond donors (Lipinski definition) is 1. The zero-order valence-electron chi connectivity index (χ0n) is 14.0. The van der Waals surface area contributed by atoms with Crippen LogP contribution in [0, 0.1) is 5.82 Å². The molecule has 6 heteroatoms. The molecule has 0 saturated carbocycles. The van der Waals surface area contributed by atoms with Crippen LogP contribution in [-0.4, -0.2) is 19.5 Å². The molecule has 0 atom stereocenters. The Morgan fingerprint density at radius 3 is 1.93 bits per heavy atom. The average molecular weight is 382 g/mol. The fourth-order valence-electron chi connectivity index (χ4n) is 2.46. The molecule has 4 nitrogen and oxygen atoms in total. The smallest absolute Gasteiger partial charge is 0.335 e.